The molecule has 0 aliphatic carbocycles. The lowest BCUT2D eigenvalue weighted by atomic mass is 10.5. The van der Waals surface area contributed by atoms with Gasteiger partial charge in [-0.2, -0.15) is 0 Å². The quantitative estimate of drug-likeness (QED) is 0.494. The summed E-state index contributed by atoms with van der Waals surface area (Å²) in [5, 5.41) is 0. The topological polar surface area (TPSA) is 18.0 Å². The third kappa shape index (κ3) is 2.42. The molecule has 0 saturated heterocycles. The third-order valence-corrected chi connectivity index (χ3v) is 2.02. The van der Waals surface area contributed by atoms with E-state index in [2.05, 4.69) is 22.6 Å². The fourth-order valence-electron chi connectivity index (χ4n) is 1.20. The van der Waals surface area contributed by atoms with Gasteiger partial charge < -0.3 is 4.74 Å². The lowest BCUT2D eigenvalue weighted by Gasteiger charge is -1.99. The molecule has 1 heterocycles. The van der Waals surface area contributed by atoms with E-state index in [-0.39, 0.29) is 0 Å². The van der Waals surface area contributed by atoms with Crippen LogP contribution in [0.4, 0.5) is 0 Å². The van der Waals surface area contributed by atoms with Crippen molar-refractivity contribution in [3.05, 3.63) is 30.9 Å². The van der Waals surface area contributed by atoms with Gasteiger partial charge in [-0.3, -0.25) is 0 Å². The van der Waals surface area contributed by atoms with Crippen molar-refractivity contribution in [3.8, 4) is 0 Å². The number of hydrogen-bond donors (Lipinski definition) is 0. The van der Waals surface area contributed by atoms with Gasteiger partial charge in [0.05, 0.1) is 0 Å². The molecule has 0 fully saturated rings. The summed E-state index contributed by atoms with van der Waals surface area (Å²) in [5.41, 5.74) is 0. The average molecular weight is 181 g/mol. The van der Waals surface area contributed by atoms with Crippen LogP contribution < -0.4 is 4.57 Å². The van der Waals surface area contributed by atoms with Crippen LogP contribution in [0.3, 0.4) is 0 Å². The molecule has 0 aliphatic rings. The summed E-state index contributed by atoms with van der Waals surface area (Å²) in [6.07, 6.45) is 5.95. The van der Waals surface area contributed by atoms with Crippen LogP contribution in [0.1, 0.15) is 12.7 Å². The zero-order chi connectivity index (χ0) is 9.68. The van der Waals surface area contributed by atoms with E-state index in [0.29, 0.717) is 6.73 Å². The molecule has 0 atom stereocenters. The normalized spacial score (nSPS) is 10.3. The maximum Gasteiger partial charge on any atom is 0.255 e. The van der Waals surface area contributed by atoms with Crippen molar-refractivity contribution in [2.24, 2.45) is 0 Å². The van der Waals surface area contributed by atoms with E-state index in [9.17, 15) is 0 Å². The molecule has 1 aromatic heterocycles. The third-order valence-electron chi connectivity index (χ3n) is 2.02. The van der Waals surface area contributed by atoms with Crippen LogP contribution in [0.25, 0.3) is 0 Å². The molecule has 0 spiro atoms. The number of rotatable bonds is 5. The van der Waals surface area contributed by atoms with Gasteiger partial charge in [0.2, 0.25) is 0 Å². The molecule has 3 nitrogen and oxygen atoms in total. The Hall–Kier alpha value is -1.09. The number of aromatic nitrogens is 2. The van der Waals surface area contributed by atoms with Crippen LogP contribution in [-0.2, 0) is 18.0 Å². The van der Waals surface area contributed by atoms with E-state index in [4.69, 9.17) is 4.74 Å². The van der Waals surface area contributed by atoms with Gasteiger partial charge >= 0.3 is 0 Å². The number of allylic oxidation sites excluding steroid dienone is 1. The molecular weight excluding hydrogens is 164 g/mol. The van der Waals surface area contributed by atoms with Crippen molar-refractivity contribution < 1.29 is 9.30 Å². The number of ether oxygens (including phenoxy) is 1. The smallest absolute Gasteiger partial charge is 0.255 e. The van der Waals surface area contributed by atoms with Crippen molar-refractivity contribution in [1.29, 1.82) is 0 Å². The van der Waals surface area contributed by atoms with Crippen LogP contribution in [0.2, 0.25) is 0 Å². The predicted molar refractivity (Wildman–Crippen MR) is 51.2 cm³/mol. The van der Waals surface area contributed by atoms with Crippen molar-refractivity contribution in [2.45, 2.75) is 27.1 Å². The first-order chi connectivity index (χ1) is 6.29. The highest BCUT2D eigenvalue weighted by atomic mass is 16.5. The summed E-state index contributed by atoms with van der Waals surface area (Å²) < 4.78 is 9.52. The molecule has 72 valence electrons. The Kier molecular flexibility index (Phi) is 3.71. The maximum atomic E-state index is 5.32. The molecule has 0 saturated carbocycles. The standard InChI is InChI=1S/C10H17N2O/c1-4-6-11-7-8-12(10(11)3)9-13-5-2/h4,7-8H,1,5-6,9H2,2-3H3/q+1. The van der Waals surface area contributed by atoms with E-state index in [0.717, 1.165) is 13.2 Å². The zero-order valence-corrected chi connectivity index (χ0v) is 8.36. The molecule has 3 heteroatoms. The number of nitrogens with zero attached hydrogens (tertiary/aromatic N) is 2. The second-order valence-electron chi connectivity index (χ2n) is 2.88. The van der Waals surface area contributed by atoms with Crippen molar-refractivity contribution in [3.63, 3.8) is 0 Å². The predicted octanol–water partition coefficient (Wildman–Crippen LogP) is 1.26. The van der Waals surface area contributed by atoms with Crippen molar-refractivity contribution >= 4 is 0 Å². The second-order valence-corrected chi connectivity index (χ2v) is 2.88. The summed E-state index contributed by atoms with van der Waals surface area (Å²) >= 11 is 0. The lowest BCUT2D eigenvalue weighted by molar-refractivity contribution is -0.737. The van der Waals surface area contributed by atoms with E-state index < -0.39 is 0 Å². The summed E-state index contributed by atoms with van der Waals surface area (Å²) in [6, 6.07) is 0. The van der Waals surface area contributed by atoms with Crippen molar-refractivity contribution in [2.75, 3.05) is 6.61 Å². The van der Waals surface area contributed by atoms with Gasteiger partial charge in [0, 0.05) is 13.5 Å². The minimum atomic E-state index is 0.631. The van der Waals surface area contributed by atoms with Gasteiger partial charge in [-0.25, -0.2) is 9.13 Å². The van der Waals surface area contributed by atoms with E-state index in [1.165, 1.54) is 5.82 Å². The van der Waals surface area contributed by atoms with Crippen LogP contribution >= 0.6 is 0 Å². The fraction of sp³-hybridized carbons (Fsp3) is 0.500. The summed E-state index contributed by atoms with van der Waals surface area (Å²) in [7, 11) is 0. The molecule has 0 aliphatic heterocycles. The molecule has 0 bridgehead atoms. The molecule has 0 radical (unpaired) electrons. The van der Waals surface area contributed by atoms with Gasteiger partial charge in [-0.15, -0.1) is 0 Å². The Balaban J connectivity index is 2.68. The highest BCUT2D eigenvalue weighted by Gasteiger charge is 2.09. The first kappa shape index (κ1) is 9.99. The first-order valence-electron chi connectivity index (χ1n) is 4.53. The Labute approximate surface area is 79.3 Å². The highest BCUT2D eigenvalue weighted by Crippen LogP contribution is 1.93. The first-order valence-corrected chi connectivity index (χ1v) is 4.53. The van der Waals surface area contributed by atoms with Crippen LogP contribution in [0.5, 0.6) is 0 Å². The molecule has 0 aromatic carbocycles. The summed E-state index contributed by atoms with van der Waals surface area (Å²) in [6.45, 7) is 10.0. The molecular formula is C10H17N2O+. The lowest BCUT2D eigenvalue weighted by Crippen LogP contribution is -2.36. The van der Waals surface area contributed by atoms with Crippen LogP contribution in [-0.4, -0.2) is 11.2 Å². The minimum absolute atomic E-state index is 0.631. The van der Waals surface area contributed by atoms with Crippen molar-refractivity contribution in [1.82, 2.24) is 4.57 Å². The van der Waals surface area contributed by atoms with E-state index in [1.807, 2.05) is 25.4 Å². The maximum absolute atomic E-state index is 5.32. The average Bonchev–Trinajstić information content (AvgIpc) is 2.46. The molecule has 1 aromatic rings. The van der Waals surface area contributed by atoms with E-state index >= 15 is 0 Å². The summed E-state index contributed by atoms with van der Waals surface area (Å²) in [4.78, 5) is 0. The Morgan fingerprint density at radius 3 is 3.08 bits per heavy atom. The van der Waals surface area contributed by atoms with Gasteiger partial charge in [-0.1, -0.05) is 12.7 Å². The summed E-state index contributed by atoms with van der Waals surface area (Å²) in [5.74, 6) is 1.19. The molecule has 13 heavy (non-hydrogen) atoms. The fourth-order valence-corrected chi connectivity index (χ4v) is 1.20. The van der Waals surface area contributed by atoms with Gasteiger partial charge in [0.25, 0.3) is 5.82 Å². The molecule has 1 rings (SSSR count). The zero-order valence-electron chi connectivity index (χ0n) is 8.36. The Morgan fingerprint density at radius 2 is 2.46 bits per heavy atom. The number of hydrogen-bond acceptors (Lipinski definition) is 1. The molecule has 0 unspecified atom stereocenters. The molecule has 0 amide bonds. The van der Waals surface area contributed by atoms with Crippen LogP contribution in [0.15, 0.2) is 25.0 Å². The van der Waals surface area contributed by atoms with E-state index in [1.54, 1.807) is 0 Å². The minimum Gasteiger partial charge on any atom is -0.342 e. The van der Waals surface area contributed by atoms with Gasteiger partial charge in [0.15, 0.2) is 6.73 Å². The Morgan fingerprint density at radius 1 is 1.69 bits per heavy atom. The van der Waals surface area contributed by atoms with Crippen LogP contribution in [0, 0.1) is 6.92 Å². The monoisotopic (exact) mass is 181 g/mol. The highest BCUT2D eigenvalue weighted by molar-refractivity contribution is 4.83. The Bertz CT molecular complexity index is 278. The van der Waals surface area contributed by atoms with Gasteiger partial charge in [0.1, 0.15) is 18.9 Å². The SMILES string of the molecule is C=CCn1cc[n+](COCC)c1C. The second kappa shape index (κ2) is 4.82. The number of imidazole rings is 1. The van der Waals surface area contributed by atoms with Gasteiger partial charge in [-0.05, 0) is 6.92 Å². The largest absolute Gasteiger partial charge is 0.342 e. The molecule has 0 N–H and O–H groups in total.